The average Bonchev–Trinajstić information content (AvgIpc) is 2.75. The van der Waals surface area contributed by atoms with Crippen molar-refractivity contribution in [1.82, 2.24) is 0 Å². The van der Waals surface area contributed by atoms with Crippen LogP contribution in [-0.4, -0.2) is 0 Å². The maximum Gasteiger partial charge on any atom is 0.134 e. The molecule has 1 aromatic heterocycles. The second kappa shape index (κ2) is 5.15. The third-order valence-electron chi connectivity index (χ3n) is 3.77. The summed E-state index contributed by atoms with van der Waals surface area (Å²) in [5, 5.41) is 1.24. The molecule has 2 rings (SSSR count). The fourth-order valence-electron chi connectivity index (χ4n) is 2.51. The minimum absolute atomic E-state index is 0.442. The highest BCUT2D eigenvalue weighted by atomic mass is 16.3. The molecular formula is C16H23NO. The monoisotopic (exact) mass is 245 g/mol. The first-order chi connectivity index (χ1) is 8.58. The Labute approximate surface area is 109 Å². The highest BCUT2D eigenvalue weighted by Gasteiger charge is 2.17. The Kier molecular flexibility index (Phi) is 3.76. The Balaban J connectivity index is 2.63. The van der Waals surface area contributed by atoms with Gasteiger partial charge in [0.05, 0.1) is 6.54 Å². The third-order valence-corrected chi connectivity index (χ3v) is 3.77. The second-order valence-corrected chi connectivity index (χ2v) is 5.36. The molecule has 1 atom stereocenters. The van der Waals surface area contributed by atoms with Gasteiger partial charge in [-0.05, 0) is 36.0 Å². The van der Waals surface area contributed by atoms with Crippen molar-refractivity contribution >= 4 is 11.0 Å². The summed E-state index contributed by atoms with van der Waals surface area (Å²) in [4.78, 5) is 0. The zero-order valence-corrected chi connectivity index (χ0v) is 11.8. The molecule has 2 aromatic rings. The van der Waals surface area contributed by atoms with Crippen LogP contribution in [0.5, 0.6) is 0 Å². The van der Waals surface area contributed by atoms with E-state index in [1.165, 1.54) is 16.5 Å². The lowest BCUT2D eigenvalue weighted by molar-refractivity contribution is 0.541. The van der Waals surface area contributed by atoms with Crippen LogP contribution in [0.25, 0.3) is 11.0 Å². The first-order valence-electron chi connectivity index (χ1n) is 6.83. The van der Waals surface area contributed by atoms with Crippen LogP contribution >= 0.6 is 0 Å². The largest absolute Gasteiger partial charge is 0.459 e. The maximum atomic E-state index is 5.85. The van der Waals surface area contributed by atoms with E-state index in [2.05, 4.69) is 45.9 Å². The SMILES string of the molecule is CCC(C)c1ccc2oc(CN)c(C(C)C)c2c1. The van der Waals surface area contributed by atoms with Crippen LogP contribution in [0.3, 0.4) is 0 Å². The molecule has 1 heterocycles. The molecule has 0 spiro atoms. The molecule has 0 amide bonds. The summed E-state index contributed by atoms with van der Waals surface area (Å²) >= 11 is 0. The number of nitrogens with two attached hydrogens (primary N) is 1. The molecule has 0 radical (unpaired) electrons. The van der Waals surface area contributed by atoms with Crippen molar-refractivity contribution in [2.75, 3.05) is 0 Å². The molecule has 2 heteroatoms. The van der Waals surface area contributed by atoms with Gasteiger partial charge >= 0.3 is 0 Å². The van der Waals surface area contributed by atoms with Gasteiger partial charge in [-0.25, -0.2) is 0 Å². The highest BCUT2D eigenvalue weighted by molar-refractivity contribution is 5.83. The van der Waals surface area contributed by atoms with E-state index in [1.54, 1.807) is 0 Å². The summed E-state index contributed by atoms with van der Waals surface area (Å²) in [7, 11) is 0. The molecule has 18 heavy (non-hydrogen) atoms. The number of hydrogen-bond donors (Lipinski definition) is 1. The number of fused-ring (bicyclic) bond motifs is 1. The van der Waals surface area contributed by atoms with Gasteiger partial charge in [-0.1, -0.05) is 33.8 Å². The maximum absolute atomic E-state index is 5.85. The standard InChI is InChI=1S/C16H23NO/c1-5-11(4)12-6-7-14-13(8-12)16(10(2)3)15(9-17)18-14/h6-8,10-11H,5,9,17H2,1-4H3. The van der Waals surface area contributed by atoms with Gasteiger partial charge in [-0.3, -0.25) is 0 Å². The fraction of sp³-hybridized carbons (Fsp3) is 0.500. The average molecular weight is 245 g/mol. The van der Waals surface area contributed by atoms with Crippen molar-refractivity contribution in [3.05, 3.63) is 35.1 Å². The fourth-order valence-corrected chi connectivity index (χ4v) is 2.51. The Hall–Kier alpha value is -1.28. The smallest absolute Gasteiger partial charge is 0.134 e. The Bertz CT molecular complexity index is 539. The number of benzene rings is 1. The van der Waals surface area contributed by atoms with E-state index < -0.39 is 0 Å². The Morgan fingerprint density at radius 1 is 1.22 bits per heavy atom. The first-order valence-corrected chi connectivity index (χ1v) is 6.83. The molecule has 1 aromatic carbocycles. The van der Waals surface area contributed by atoms with E-state index in [4.69, 9.17) is 10.2 Å². The topological polar surface area (TPSA) is 39.2 Å². The van der Waals surface area contributed by atoms with Gasteiger partial charge in [0.25, 0.3) is 0 Å². The molecule has 2 nitrogen and oxygen atoms in total. The molecule has 98 valence electrons. The van der Waals surface area contributed by atoms with E-state index in [1.807, 2.05) is 0 Å². The van der Waals surface area contributed by atoms with E-state index in [0.717, 1.165) is 17.8 Å². The third kappa shape index (κ3) is 2.17. The molecule has 1 unspecified atom stereocenters. The molecule has 0 aliphatic carbocycles. The van der Waals surface area contributed by atoms with Crippen LogP contribution in [0.1, 0.15) is 62.8 Å². The summed E-state index contributed by atoms with van der Waals surface area (Å²) in [6, 6.07) is 6.54. The van der Waals surface area contributed by atoms with Gasteiger partial charge in [0.15, 0.2) is 0 Å². The normalized spacial score (nSPS) is 13.4. The summed E-state index contributed by atoms with van der Waals surface area (Å²) in [5.74, 6) is 1.96. The van der Waals surface area contributed by atoms with Gasteiger partial charge in [-0.2, -0.15) is 0 Å². The molecular weight excluding hydrogens is 222 g/mol. The lowest BCUT2D eigenvalue weighted by Gasteiger charge is -2.10. The highest BCUT2D eigenvalue weighted by Crippen LogP contribution is 2.34. The van der Waals surface area contributed by atoms with Crippen molar-refractivity contribution in [1.29, 1.82) is 0 Å². The van der Waals surface area contributed by atoms with Crippen LogP contribution in [0.2, 0.25) is 0 Å². The zero-order valence-electron chi connectivity index (χ0n) is 11.8. The van der Waals surface area contributed by atoms with Crippen LogP contribution < -0.4 is 5.73 Å². The molecule has 0 aliphatic heterocycles. The minimum Gasteiger partial charge on any atom is -0.459 e. The van der Waals surface area contributed by atoms with Gasteiger partial charge < -0.3 is 10.2 Å². The molecule has 0 bridgehead atoms. The van der Waals surface area contributed by atoms with Crippen LogP contribution in [0.15, 0.2) is 22.6 Å². The second-order valence-electron chi connectivity index (χ2n) is 5.36. The Morgan fingerprint density at radius 2 is 1.94 bits per heavy atom. The number of rotatable bonds is 4. The predicted octanol–water partition coefficient (Wildman–Crippen LogP) is 4.53. The van der Waals surface area contributed by atoms with Crippen LogP contribution in [-0.2, 0) is 6.54 Å². The van der Waals surface area contributed by atoms with Gasteiger partial charge in [0, 0.05) is 10.9 Å². The first kappa shape index (κ1) is 13.2. The van der Waals surface area contributed by atoms with E-state index in [-0.39, 0.29) is 0 Å². The molecule has 0 fully saturated rings. The van der Waals surface area contributed by atoms with Gasteiger partial charge in [0.2, 0.25) is 0 Å². The van der Waals surface area contributed by atoms with E-state index in [0.29, 0.717) is 18.4 Å². The molecule has 0 saturated heterocycles. The van der Waals surface area contributed by atoms with Crippen LogP contribution in [0, 0.1) is 0 Å². The summed E-state index contributed by atoms with van der Waals surface area (Å²) in [5.41, 5.74) is 9.41. The number of hydrogen-bond acceptors (Lipinski definition) is 2. The zero-order chi connectivity index (χ0) is 13.3. The molecule has 2 N–H and O–H groups in total. The van der Waals surface area contributed by atoms with Crippen molar-refractivity contribution in [3.63, 3.8) is 0 Å². The molecule has 0 saturated carbocycles. The van der Waals surface area contributed by atoms with Gasteiger partial charge in [0.1, 0.15) is 11.3 Å². The van der Waals surface area contributed by atoms with Gasteiger partial charge in [-0.15, -0.1) is 0 Å². The van der Waals surface area contributed by atoms with Crippen molar-refractivity contribution < 1.29 is 4.42 Å². The summed E-state index contributed by atoms with van der Waals surface area (Å²) in [6.07, 6.45) is 1.16. The lowest BCUT2D eigenvalue weighted by atomic mass is 9.94. The molecule has 0 aliphatic rings. The number of furan rings is 1. The van der Waals surface area contributed by atoms with Crippen molar-refractivity contribution in [2.24, 2.45) is 5.73 Å². The van der Waals surface area contributed by atoms with Crippen molar-refractivity contribution in [2.45, 2.75) is 52.5 Å². The van der Waals surface area contributed by atoms with E-state index >= 15 is 0 Å². The summed E-state index contributed by atoms with van der Waals surface area (Å²) < 4.78 is 5.85. The van der Waals surface area contributed by atoms with E-state index in [9.17, 15) is 0 Å². The van der Waals surface area contributed by atoms with Crippen LogP contribution in [0.4, 0.5) is 0 Å². The quantitative estimate of drug-likeness (QED) is 0.859. The van der Waals surface area contributed by atoms with Crippen molar-refractivity contribution in [3.8, 4) is 0 Å². The predicted molar refractivity (Wildman–Crippen MR) is 76.9 cm³/mol. The minimum atomic E-state index is 0.442. The Morgan fingerprint density at radius 3 is 2.50 bits per heavy atom. The summed E-state index contributed by atoms with van der Waals surface area (Å²) in [6.45, 7) is 9.35. The lowest BCUT2D eigenvalue weighted by Crippen LogP contribution is -1.99.